The number of ether oxygens (including phenoxy) is 1. The summed E-state index contributed by atoms with van der Waals surface area (Å²) in [6, 6.07) is 0. The quantitative estimate of drug-likeness (QED) is 0.660. The van der Waals surface area contributed by atoms with Crippen molar-refractivity contribution in [2.45, 2.75) is 46.6 Å². The highest BCUT2D eigenvalue weighted by Gasteiger charge is 2.24. The van der Waals surface area contributed by atoms with Crippen molar-refractivity contribution in [3.05, 3.63) is 0 Å². The molecule has 0 aromatic carbocycles. The van der Waals surface area contributed by atoms with Gasteiger partial charge >= 0.3 is 0 Å². The first kappa shape index (κ1) is 16.4. The summed E-state index contributed by atoms with van der Waals surface area (Å²) >= 11 is 0. The predicted molar refractivity (Wildman–Crippen MR) is 70.8 cm³/mol. The lowest BCUT2D eigenvalue weighted by atomic mass is 9.93. The van der Waals surface area contributed by atoms with E-state index >= 15 is 0 Å². The molecule has 0 aliphatic heterocycles. The van der Waals surface area contributed by atoms with Gasteiger partial charge in [-0.2, -0.15) is 0 Å². The normalized spacial score (nSPS) is 13.5. The van der Waals surface area contributed by atoms with Crippen molar-refractivity contribution in [2.75, 3.05) is 26.7 Å². The Balaban J connectivity index is 4.11. The number of unbranched alkanes of at least 4 members (excludes halogenated alkanes) is 1. The van der Waals surface area contributed by atoms with E-state index in [1.54, 1.807) is 11.9 Å². The lowest BCUT2D eigenvalue weighted by Gasteiger charge is -2.30. The van der Waals surface area contributed by atoms with E-state index in [4.69, 9.17) is 10.5 Å². The van der Waals surface area contributed by atoms with E-state index in [0.29, 0.717) is 19.7 Å². The van der Waals surface area contributed by atoms with Crippen molar-refractivity contribution >= 4 is 5.91 Å². The van der Waals surface area contributed by atoms with Crippen LogP contribution in [-0.4, -0.2) is 43.7 Å². The molecule has 1 atom stereocenters. The maximum atomic E-state index is 12.0. The third-order valence-electron chi connectivity index (χ3n) is 2.81. The third kappa shape index (κ3) is 6.64. The minimum atomic E-state index is -0.361. The van der Waals surface area contributed by atoms with Gasteiger partial charge in [0.2, 0.25) is 0 Å². The number of hydrogen-bond acceptors (Lipinski definition) is 3. The Labute approximate surface area is 105 Å². The fourth-order valence-corrected chi connectivity index (χ4v) is 1.57. The second-order valence-electron chi connectivity index (χ2n) is 5.43. The van der Waals surface area contributed by atoms with Crippen LogP contribution in [-0.2, 0) is 9.53 Å². The number of carbonyl (C=O) groups is 1. The zero-order chi connectivity index (χ0) is 13.5. The SMILES string of the molecule is CCCCOC(C)C(=O)N(C)CC(C)(C)CN. The molecule has 0 saturated carbocycles. The lowest BCUT2D eigenvalue weighted by molar-refractivity contribution is -0.142. The largest absolute Gasteiger partial charge is 0.369 e. The molecule has 1 unspecified atom stereocenters. The maximum Gasteiger partial charge on any atom is 0.251 e. The number of nitrogens with zero attached hydrogens (tertiary/aromatic N) is 1. The number of rotatable bonds is 8. The summed E-state index contributed by atoms with van der Waals surface area (Å²) in [4.78, 5) is 13.7. The van der Waals surface area contributed by atoms with E-state index in [1.165, 1.54) is 0 Å². The van der Waals surface area contributed by atoms with Crippen LogP contribution < -0.4 is 5.73 Å². The van der Waals surface area contributed by atoms with Gasteiger partial charge in [0.1, 0.15) is 6.10 Å². The van der Waals surface area contributed by atoms with Crippen LogP contribution in [0.3, 0.4) is 0 Å². The van der Waals surface area contributed by atoms with Crippen molar-refractivity contribution in [3.8, 4) is 0 Å². The minimum absolute atomic E-state index is 0.0302. The minimum Gasteiger partial charge on any atom is -0.369 e. The highest BCUT2D eigenvalue weighted by atomic mass is 16.5. The molecule has 0 aromatic rings. The van der Waals surface area contributed by atoms with Gasteiger partial charge in [0.05, 0.1) is 0 Å². The molecule has 0 saturated heterocycles. The summed E-state index contributed by atoms with van der Waals surface area (Å²) in [5.74, 6) is 0.0302. The van der Waals surface area contributed by atoms with Gasteiger partial charge in [-0.05, 0) is 25.3 Å². The van der Waals surface area contributed by atoms with E-state index in [0.717, 1.165) is 12.8 Å². The molecule has 0 aliphatic rings. The number of carbonyl (C=O) groups excluding carboxylic acids is 1. The Morgan fingerprint density at radius 1 is 1.47 bits per heavy atom. The summed E-state index contributed by atoms with van der Waals surface area (Å²) in [5.41, 5.74) is 5.61. The number of nitrogens with two attached hydrogens (primary N) is 1. The van der Waals surface area contributed by atoms with Crippen LogP contribution >= 0.6 is 0 Å². The molecule has 0 aliphatic carbocycles. The number of amides is 1. The van der Waals surface area contributed by atoms with Gasteiger partial charge in [-0.15, -0.1) is 0 Å². The fourth-order valence-electron chi connectivity index (χ4n) is 1.57. The molecule has 0 fully saturated rings. The molecule has 1 amide bonds. The van der Waals surface area contributed by atoms with Gasteiger partial charge in [0, 0.05) is 20.2 Å². The molecule has 17 heavy (non-hydrogen) atoms. The molecular weight excluding hydrogens is 216 g/mol. The molecule has 0 aromatic heterocycles. The Morgan fingerprint density at radius 2 is 2.06 bits per heavy atom. The second-order valence-corrected chi connectivity index (χ2v) is 5.43. The Bertz CT molecular complexity index is 229. The van der Waals surface area contributed by atoms with E-state index in [2.05, 4.69) is 20.8 Å². The zero-order valence-corrected chi connectivity index (χ0v) is 12.0. The van der Waals surface area contributed by atoms with Crippen molar-refractivity contribution < 1.29 is 9.53 Å². The molecule has 4 heteroatoms. The van der Waals surface area contributed by atoms with Crippen LogP contribution in [0.15, 0.2) is 0 Å². The van der Waals surface area contributed by atoms with Crippen molar-refractivity contribution in [1.82, 2.24) is 4.90 Å². The smallest absolute Gasteiger partial charge is 0.251 e. The zero-order valence-electron chi connectivity index (χ0n) is 12.0. The van der Waals surface area contributed by atoms with Crippen molar-refractivity contribution in [2.24, 2.45) is 11.1 Å². The highest BCUT2D eigenvalue weighted by molar-refractivity contribution is 5.80. The molecular formula is C13H28N2O2. The second kappa shape index (κ2) is 7.67. The predicted octanol–water partition coefficient (Wildman–Crippen LogP) is 1.63. The first-order valence-electron chi connectivity index (χ1n) is 6.40. The monoisotopic (exact) mass is 244 g/mol. The summed E-state index contributed by atoms with van der Waals surface area (Å²) in [6.07, 6.45) is 1.71. The van der Waals surface area contributed by atoms with E-state index in [1.807, 2.05) is 6.92 Å². The van der Waals surface area contributed by atoms with Gasteiger partial charge in [-0.3, -0.25) is 4.79 Å². The van der Waals surface area contributed by atoms with Crippen molar-refractivity contribution in [1.29, 1.82) is 0 Å². The molecule has 0 rings (SSSR count). The lowest BCUT2D eigenvalue weighted by Crippen LogP contribution is -2.43. The van der Waals surface area contributed by atoms with E-state index in [-0.39, 0.29) is 17.4 Å². The molecule has 102 valence electrons. The summed E-state index contributed by atoms with van der Waals surface area (Å²) in [6.45, 7) is 9.89. The molecule has 0 heterocycles. The van der Waals surface area contributed by atoms with Crippen molar-refractivity contribution in [3.63, 3.8) is 0 Å². The van der Waals surface area contributed by atoms with Crippen LogP contribution in [0.2, 0.25) is 0 Å². The van der Waals surface area contributed by atoms with Crippen LogP contribution in [0.4, 0.5) is 0 Å². The van der Waals surface area contributed by atoms with Gasteiger partial charge in [-0.25, -0.2) is 0 Å². The molecule has 0 spiro atoms. The van der Waals surface area contributed by atoms with E-state index in [9.17, 15) is 4.79 Å². The third-order valence-corrected chi connectivity index (χ3v) is 2.81. The molecule has 0 radical (unpaired) electrons. The average molecular weight is 244 g/mol. The van der Waals surface area contributed by atoms with Gasteiger partial charge < -0.3 is 15.4 Å². The highest BCUT2D eigenvalue weighted by Crippen LogP contribution is 2.14. The maximum absolute atomic E-state index is 12.0. The summed E-state index contributed by atoms with van der Waals surface area (Å²) in [5, 5.41) is 0. The first-order valence-corrected chi connectivity index (χ1v) is 6.40. The summed E-state index contributed by atoms with van der Waals surface area (Å²) in [7, 11) is 1.80. The Hall–Kier alpha value is -0.610. The van der Waals surface area contributed by atoms with E-state index < -0.39 is 0 Å². The number of hydrogen-bond donors (Lipinski definition) is 1. The van der Waals surface area contributed by atoms with Gasteiger partial charge in [-0.1, -0.05) is 27.2 Å². The molecule has 2 N–H and O–H groups in total. The average Bonchev–Trinajstić information content (AvgIpc) is 2.27. The topological polar surface area (TPSA) is 55.6 Å². The van der Waals surface area contributed by atoms with Crippen LogP contribution in [0.5, 0.6) is 0 Å². The fraction of sp³-hybridized carbons (Fsp3) is 0.923. The Morgan fingerprint density at radius 3 is 2.53 bits per heavy atom. The summed E-state index contributed by atoms with van der Waals surface area (Å²) < 4.78 is 5.49. The number of likely N-dealkylation sites (N-methyl/N-ethyl adjacent to an activating group) is 1. The standard InChI is InChI=1S/C13H28N2O2/c1-6-7-8-17-11(2)12(16)15(5)10-13(3,4)9-14/h11H,6-10,14H2,1-5H3. The van der Waals surface area contributed by atoms with Crippen LogP contribution in [0.25, 0.3) is 0 Å². The molecule has 4 nitrogen and oxygen atoms in total. The molecule has 0 bridgehead atoms. The van der Waals surface area contributed by atoms with Gasteiger partial charge in [0.25, 0.3) is 5.91 Å². The van der Waals surface area contributed by atoms with Crippen LogP contribution in [0.1, 0.15) is 40.5 Å². The Kier molecular flexibility index (Phi) is 7.39. The van der Waals surface area contributed by atoms with Crippen LogP contribution in [0, 0.1) is 5.41 Å². The first-order chi connectivity index (χ1) is 7.84. The van der Waals surface area contributed by atoms with Gasteiger partial charge in [0.15, 0.2) is 0 Å².